The first kappa shape index (κ1) is 15.9. The Bertz CT molecular complexity index is 858. The van der Waals surface area contributed by atoms with Crippen LogP contribution in [0.2, 0.25) is 5.02 Å². The zero-order valence-electron chi connectivity index (χ0n) is 12.7. The van der Waals surface area contributed by atoms with Gasteiger partial charge in [0.15, 0.2) is 0 Å². The van der Waals surface area contributed by atoms with Crippen molar-refractivity contribution in [1.29, 1.82) is 0 Å². The molecule has 0 radical (unpaired) electrons. The number of para-hydroxylation sites is 1. The molecule has 0 unspecified atom stereocenters. The Labute approximate surface area is 144 Å². The van der Waals surface area contributed by atoms with E-state index in [9.17, 15) is 4.79 Å². The Morgan fingerprint density at radius 1 is 1.04 bits per heavy atom. The van der Waals surface area contributed by atoms with Crippen LogP contribution in [0.4, 0.5) is 5.69 Å². The topological polar surface area (TPSA) is 29.1 Å². The summed E-state index contributed by atoms with van der Waals surface area (Å²) in [5.41, 5.74) is 1.91. The highest BCUT2D eigenvalue weighted by Crippen LogP contribution is 2.33. The van der Waals surface area contributed by atoms with Crippen LogP contribution < -0.4 is 5.32 Å². The number of hydrogen-bond acceptors (Lipinski definition) is 2. The lowest BCUT2D eigenvalue weighted by atomic mass is 10.1. The standard InChI is InChI=1S/C19H16ClNOS/c1-13-6-2-3-10-16(13)21-18(22)12-23-17-11-5-8-14-7-4-9-15(20)19(14)17/h2-11H,12H2,1H3,(H,21,22). The maximum atomic E-state index is 12.2. The summed E-state index contributed by atoms with van der Waals surface area (Å²) < 4.78 is 0. The maximum Gasteiger partial charge on any atom is 0.234 e. The molecule has 0 aliphatic carbocycles. The highest BCUT2D eigenvalue weighted by atomic mass is 35.5. The fourth-order valence-corrected chi connectivity index (χ4v) is 3.67. The van der Waals surface area contributed by atoms with E-state index in [1.54, 1.807) is 0 Å². The molecule has 0 heterocycles. The van der Waals surface area contributed by atoms with Gasteiger partial charge in [0.2, 0.25) is 5.91 Å². The highest BCUT2D eigenvalue weighted by Gasteiger charge is 2.09. The lowest BCUT2D eigenvalue weighted by Gasteiger charge is -2.10. The van der Waals surface area contributed by atoms with Crippen LogP contribution in [0, 0.1) is 6.92 Å². The second kappa shape index (κ2) is 7.07. The van der Waals surface area contributed by atoms with Crippen LogP contribution >= 0.6 is 23.4 Å². The summed E-state index contributed by atoms with van der Waals surface area (Å²) in [6.07, 6.45) is 0. The normalized spacial score (nSPS) is 10.7. The number of benzene rings is 3. The molecule has 0 bridgehead atoms. The molecule has 0 saturated carbocycles. The minimum absolute atomic E-state index is 0.0200. The van der Waals surface area contributed by atoms with Gasteiger partial charge in [-0.25, -0.2) is 0 Å². The molecule has 0 aromatic heterocycles. The third-order valence-electron chi connectivity index (χ3n) is 3.59. The van der Waals surface area contributed by atoms with Crippen LogP contribution in [-0.4, -0.2) is 11.7 Å². The number of halogens is 1. The predicted molar refractivity (Wildman–Crippen MR) is 99.5 cm³/mol. The largest absolute Gasteiger partial charge is 0.325 e. The molecular formula is C19H16ClNOS. The van der Waals surface area contributed by atoms with Crippen LogP contribution in [0.5, 0.6) is 0 Å². The van der Waals surface area contributed by atoms with E-state index in [0.29, 0.717) is 10.8 Å². The van der Waals surface area contributed by atoms with E-state index in [0.717, 1.165) is 26.9 Å². The number of carbonyl (C=O) groups excluding carboxylic acids is 1. The molecule has 1 amide bonds. The first-order chi connectivity index (χ1) is 11.1. The number of thioether (sulfide) groups is 1. The molecule has 0 aliphatic heterocycles. The summed E-state index contributed by atoms with van der Waals surface area (Å²) in [6.45, 7) is 1.98. The van der Waals surface area contributed by atoms with Crippen LogP contribution in [0.3, 0.4) is 0 Å². The molecule has 2 nitrogen and oxygen atoms in total. The number of amides is 1. The van der Waals surface area contributed by atoms with Crippen molar-refractivity contribution in [3.63, 3.8) is 0 Å². The van der Waals surface area contributed by atoms with Crippen molar-refractivity contribution in [2.24, 2.45) is 0 Å². The summed E-state index contributed by atoms with van der Waals surface area (Å²) >= 11 is 7.81. The lowest BCUT2D eigenvalue weighted by Crippen LogP contribution is -2.14. The smallest absolute Gasteiger partial charge is 0.234 e. The summed E-state index contributed by atoms with van der Waals surface area (Å²) in [5.74, 6) is 0.326. The van der Waals surface area contributed by atoms with Gasteiger partial charge in [0.05, 0.1) is 5.75 Å². The van der Waals surface area contributed by atoms with Gasteiger partial charge in [-0.15, -0.1) is 11.8 Å². The molecule has 116 valence electrons. The van der Waals surface area contributed by atoms with Gasteiger partial charge in [0.1, 0.15) is 0 Å². The number of carbonyl (C=O) groups is 1. The van der Waals surface area contributed by atoms with Crippen molar-refractivity contribution in [2.45, 2.75) is 11.8 Å². The molecule has 1 N–H and O–H groups in total. The Hall–Kier alpha value is -1.97. The van der Waals surface area contributed by atoms with E-state index >= 15 is 0 Å². The molecule has 0 fully saturated rings. The fourth-order valence-electron chi connectivity index (χ4n) is 2.43. The van der Waals surface area contributed by atoms with Gasteiger partial charge in [0, 0.05) is 21.0 Å². The van der Waals surface area contributed by atoms with Crippen molar-refractivity contribution in [2.75, 3.05) is 11.1 Å². The van der Waals surface area contributed by atoms with Gasteiger partial charge in [-0.05, 0) is 36.1 Å². The molecular weight excluding hydrogens is 326 g/mol. The van der Waals surface area contributed by atoms with Gasteiger partial charge in [0.25, 0.3) is 0 Å². The van der Waals surface area contributed by atoms with E-state index in [4.69, 9.17) is 11.6 Å². The molecule has 23 heavy (non-hydrogen) atoms. The first-order valence-corrected chi connectivity index (χ1v) is 8.67. The van der Waals surface area contributed by atoms with Crippen molar-refractivity contribution < 1.29 is 4.79 Å². The van der Waals surface area contributed by atoms with Gasteiger partial charge in [-0.1, -0.05) is 54.1 Å². The van der Waals surface area contributed by atoms with Crippen LogP contribution in [0.1, 0.15) is 5.56 Å². The number of hydrogen-bond donors (Lipinski definition) is 1. The molecule has 3 rings (SSSR count). The maximum absolute atomic E-state index is 12.2. The fraction of sp³-hybridized carbons (Fsp3) is 0.105. The zero-order valence-corrected chi connectivity index (χ0v) is 14.2. The van der Waals surface area contributed by atoms with E-state index < -0.39 is 0 Å². The molecule has 4 heteroatoms. The minimum atomic E-state index is -0.0200. The average molecular weight is 342 g/mol. The van der Waals surface area contributed by atoms with Gasteiger partial charge in [-0.3, -0.25) is 4.79 Å². The Morgan fingerprint density at radius 2 is 1.78 bits per heavy atom. The molecule has 0 saturated heterocycles. The van der Waals surface area contributed by atoms with Crippen molar-refractivity contribution in [3.05, 3.63) is 71.2 Å². The third-order valence-corrected chi connectivity index (χ3v) is 4.97. The number of aryl methyl sites for hydroxylation is 1. The van der Waals surface area contributed by atoms with Gasteiger partial charge < -0.3 is 5.32 Å². The van der Waals surface area contributed by atoms with Crippen LogP contribution in [0.25, 0.3) is 10.8 Å². The molecule has 3 aromatic rings. The second-order valence-corrected chi connectivity index (χ2v) is 6.67. The number of rotatable bonds is 4. The highest BCUT2D eigenvalue weighted by molar-refractivity contribution is 8.00. The number of anilines is 1. The van der Waals surface area contributed by atoms with Crippen molar-refractivity contribution in [3.8, 4) is 0 Å². The summed E-state index contributed by atoms with van der Waals surface area (Å²) in [7, 11) is 0. The molecule has 0 atom stereocenters. The van der Waals surface area contributed by atoms with Crippen molar-refractivity contribution >= 4 is 45.7 Å². The minimum Gasteiger partial charge on any atom is -0.325 e. The SMILES string of the molecule is Cc1ccccc1NC(=O)CSc1cccc2cccc(Cl)c12. The van der Waals surface area contributed by atoms with E-state index in [1.165, 1.54) is 11.8 Å². The Morgan fingerprint density at radius 3 is 2.57 bits per heavy atom. The van der Waals surface area contributed by atoms with Gasteiger partial charge >= 0.3 is 0 Å². The van der Waals surface area contributed by atoms with E-state index in [1.807, 2.05) is 67.6 Å². The van der Waals surface area contributed by atoms with Crippen molar-refractivity contribution in [1.82, 2.24) is 0 Å². The molecule has 0 aliphatic rings. The quantitative estimate of drug-likeness (QED) is 0.632. The van der Waals surface area contributed by atoms with E-state index in [2.05, 4.69) is 5.32 Å². The Kier molecular flexibility index (Phi) is 4.89. The zero-order chi connectivity index (χ0) is 16.2. The van der Waals surface area contributed by atoms with Gasteiger partial charge in [-0.2, -0.15) is 0 Å². The number of nitrogens with one attached hydrogen (secondary N) is 1. The van der Waals surface area contributed by atoms with Crippen LogP contribution in [0.15, 0.2) is 65.6 Å². The number of fused-ring (bicyclic) bond motifs is 1. The second-order valence-electron chi connectivity index (χ2n) is 5.25. The average Bonchev–Trinajstić information content (AvgIpc) is 2.55. The summed E-state index contributed by atoms with van der Waals surface area (Å²) in [5, 5.41) is 5.75. The first-order valence-electron chi connectivity index (χ1n) is 7.30. The summed E-state index contributed by atoms with van der Waals surface area (Å²) in [6, 6.07) is 19.6. The van der Waals surface area contributed by atoms with E-state index in [-0.39, 0.29) is 5.91 Å². The third kappa shape index (κ3) is 3.69. The Balaban J connectivity index is 1.74. The monoisotopic (exact) mass is 341 g/mol. The predicted octanol–water partition coefficient (Wildman–Crippen LogP) is 5.53. The summed E-state index contributed by atoms with van der Waals surface area (Å²) in [4.78, 5) is 13.2. The lowest BCUT2D eigenvalue weighted by molar-refractivity contribution is -0.113. The molecule has 0 spiro atoms. The molecule has 3 aromatic carbocycles. The van der Waals surface area contributed by atoms with Crippen LogP contribution in [-0.2, 0) is 4.79 Å².